The van der Waals surface area contributed by atoms with Gasteiger partial charge < -0.3 is 5.32 Å². The number of anilines is 1. The first kappa shape index (κ1) is 17.7. The van der Waals surface area contributed by atoms with E-state index < -0.39 is 28.3 Å². The number of sulfonamides is 1. The Labute approximate surface area is 142 Å². The van der Waals surface area contributed by atoms with Gasteiger partial charge in [0.1, 0.15) is 5.82 Å². The van der Waals surface area contributed by atoms with Gasteiger partial charge in [0, 0.05) is 15.7 Å². The zero-order chi connectivity index (χ0) is 17.0. The minimum absolute atomic E-state index is 0.149. The van der Waals surface area contributed by atoms with Gasteiger partial charge in [-0.3, -0.25) is 4.79 Å². The fourth-order valence-corrected chi connectivity index (χ4v) is 3.37. The average molecular weight is 377 g/mol. The van der Waals surface area contributed by atoms with Crippen molar-refractivity contribution in [2.75, 3.05) is 11.9 Å². The number of carbonyl (C=O) groups excluding carboxylic acids is 1. The summed E-state index contributed by atoms with van der Waals surface area (Å²) in [4.78, 5) is 11.6. The van der Waals surface area contributed by atoms with Crippen LogP contribution < -0.4 is 10.0 Å². The molecule has 0 atom stereocenters. The molecular formula is C14H11Cl2FN2O3S. The van der Waals surface area contributed by atoms with Crippen molar-refractivity contribution in [3.05, 3.63) is 58.3 Å². The molecule has 0 bridgehead atoms. The van der Waals surface area contributed by atoms with E-state index in [-0.39, 0.29) is 14.9 Å². The van der Waals surface area contributed by atoms with Gasteiger partial charge in [-0.1, -0.05) is 23.2 Å². The van der Waals surface area contributed by atoms with Crippen molar-refractivity contribution in [1.29, 1.82) is 0 Å². The number of nitrogens with one attached hydrogen (secondary N) is 2. The van der Waals surface area contributed by atoms with Crippen LogP contribution in [0.2, 0.25) is 10.0 Å². The summed E-state index contributed by atoms with van der Waals surface area (Å²) in [5.74, 6) is -1.05. The lowest BCUT2D eigenvalue weighted by atomic mass is 10.3. The molecule has 0 aliphatic carbocycles. The number of hydrogen-bond donors (Lipinski definition) is 2. The Kier molecular flexibility index (Phi) is 5.59. The molecule has 0 aliphatic heterocycles. The first-order chi connectivity index (χ1) is 10.8. The number of carbonyl (C=O) groups is 1. The van der Waals surface area contributed by atoms with Crippen molar-refractivity contribution in [2.24, 2.45) is 0 Å². The van der Waals surface area contributed by atoms with Gasteiger partial charge >= 0.3 is 0 Å². The van der Waals surface area contributed by atoms with Crippen molar-refractivity contribution < 1.29 is 17.6 Å². The molecule has 0 radical (unpaired) electrons. The lowest BCUT2D eigenvalue weighted by molar-refractivity contribution is -0.115. The Hall–Kier alpha value is -1.67. The fourth-order valence-electron chi connectivity index (χ4n) is 1.67. The van der Waals surface area contributed by atoms with E-state index in [1.54, 1.807) is 0 Å². The zero-order valence-corrected chi connectivity index (χ0v) is 13.8. The van der Waals surface area contributed by atoms with E-state index in [9.17, 15) is 17.6 Å². The van der Waals surface area contributed by atoms with E-state index in [1.807, 2.05) is 0 Å². The van der Waals surface area contributed by atoms with Crippen molar-refractivity contribution in [2.45, 2.75) is 4.90 Å². The zero-order valence-electron chi connectivity index (χ0n) is 11.5. The summed E-state index contributed by atoms with van der Waals surface area (Å²) in [7, 11) is -3.94. The van der Waals surface area contributed by atoms with Crippen LogP contribution in [0.15, 0.2) is 47.4 Å². The van der Waals surface area contributed by atoms with Gasteiger partial charge in [0.05, 0.1) is 11.4 Å². The lowest BCUT2D eigenvalue weighted by Crippen LogP contribution is -2.32. The molecule has 2 aromatic rings. The number of amides is 1. The SMILES string of the molecule is O=C(CNS(=O)(=O)c1cc(Cl)cc(Cl)c1)Nc1ccc(F)cc1. The molecule has 0 aliphatic rings. The number of rotatable bonds is 5. The number of halogens is 3. The standard InChI is InChI=1S/C14H11Cl2FN2O3S/c15-9-5-10(16)7-13(6-9)23(21,22)18-8-14(20)19-12-3-1-11(17)2-4-12/h1-7,18H,8H2,(H,19,20). The van der Waals surface area contributed by atoms with Gasteiger partial charge in [0.25, 0.3) is 0 Å². The lowest BCUT2D eigenvalue weighted by Gasteiger charge is -2.08. The van der Waals surface area contributed by atoms with Crippen LogP contribution in [0, 0.1) is 5.82 Å². The molecule has 5 nitrogen and oxygen atoms in total. The van der Waals surface area contributed by atoms with Gasteiger partial charge in [-0.25, -0.2) is 17.5 Å². The van der Waals surface area contributed by atoms with Gasteiger partial charge in [0.2, 0.25) is 15.9 Å². The van der Waals surface area contributed by atoms with Crippen LogP contribution in [0.5, 0.6) is 0 Å². The van der Waals surface area contributed by atoms with E-state index in [2.05, 4.69) is 10.0 Å². The maximum atomic E-state index is 12.8. The Bertz CT molecular complexity index is 806. The molecule has 0 saturated carbocycles. The summed E-state index contributed by atoms with van der Waals surface area (Å²) in [6.07, 6.45) is 0. The molecule has 0 aromatic heterocycles. The quantitative estimate of drug-likeness (QED) is 0.841. The van der Waals surface area contributed by atoms with Gasteiger partial charge in [-0.05, 0) is 42.5 Å². The van der Waals surface area contributed by atoms with E-state index in [1.165, 1.54) is 42.5 Å². The first-order valence-corrected chi connectivity index (χ1v) is 8.51. The van der Waals surface area contributed by atoms with Gasteiger partial charge in [-0.2, -0.15) is 0 Å². The van der Waals surface area contributed by atoms with E-state index in [4.69, 9.17) is 23.2 Å². The third kappa shape index (κ3) is 5.18. The van der Waals surface area contributed by atoms with Crippen LogP contribution in [0.3, 0.4) is 0 Å². The van der Waals surface area contributed by atoms with Crippen LogP contribution in [-0.4, -0.2) is 20.9 Å². The monoisotopic (exact) mass is 376 g/mol. The van der Waals surface area contributed by atoms with Crippen LogP contribution in [0.25, 0.3) is 0 Å². The second kappa shape index (κ2) is 7.27. The van der Waals surface area contributed by atoms with Crippen LogP contribution in [0.1, 0.15) is 0 Å². The summed E-state index contributed by atoms with van der Waals surface area (Å²) in [5, 5.41) is 2.75. The summed E-state index contributed by atoms with van der Waals surface area (Å²) < 4.78 is 39.0. The molecule has 0 heterocycles. The smallest absolute Gasteiger partial charge is 0.241 e. The molecule has 2 aromatic carbocycles. The van der Waals surface area contributed by atoms with Crippen LogP contribution >= 0.6 is 23.2 Å². The number of benzene rings is 2. The molecule has 9 heteroatoms. The highest BCUT2D eigenvalue weighted by molar-refractivity contribution is 7.89. The molecule has 23 heavy (non-hydrogen) atoms. The van der Waals surface area contributed by atoms with Gasteiger partial charge in [0.15, 0.2) is 0 Å². The minimum atomic E-state index is -3.94. The van der Waals surface area contributed by atoms with Crippen LogP contribution in [0.4, 0.5) is 10.1 Å². The molecule has 0 saturated heterocycles. The highest BCUT2D eigenvalue weighted by Crippen LogP contribution is 2.22. The Balaban J connectivity index is 2.01. The predicted octanol–water partition coefficient (Wildman–Crippen LogP) is 3.05. The third-order valence-corrected chi connectivity index (χ3v) is 4.51. The fraction of sp³-hybridized carbons (Fsp3) is 0.0714. The maximum absolute atomic E-state index is 12.8. The highest BCUT2D eigenvalue weighted by atomic mass is 35.5. The Morgan fingerprint density at radius 2 is 1.61 bits per heavy atom. The van der Waals surface area contributed by atoms with Crippen molar-refractivity contribution in [3.63, 3.8) is 0 Å². The van der Waals surface area contributed by atoms with Gasteiger partial charge in [-0.15, -0.1) is 0 Å². The second-order valence-corrected chi connectivity index (χ2v) is 7.12. The minimum Gasteiger partial charge on any atom is -0.325 e. The van der Waals surface area contributed by atoms with E-state index >= 15 is 0 Å². The molecule has 0 unspecified atom stereocenters. The molecule has 0 fully saturated rings. The summed E-state index contributed by atoms with van der Waals surface area (Å²) in [6.45, 7) is -0.496. The molecule has 2 rings (SSSR count). The third-order valence-electron chi connectivity index (χ3n) is 2.70. The highest BCUT2D eigenvalue weighted by Gasteiger charge is 2.17. The van der Waals surface area contributed by atoms with Crippen LogP contribution in [-0.2, 0) is 14.8 Å². The van der Waals surface area contributed by atoms with E-state index in [0.717, 1.165) is 0 Å². The maximum Gasteiger partial charge on any atom is 0.241 e. The predicted molar refractivity (Wildman–Crippen MR) is 86.7 cm³/mol. The van der Waals surface area contributed by atoms with Crippen molar-refractivity contribution in [3.8, 4) is 0 Å². The second-order valence-electron chi connectivity index (χ2n) is 4.48. The first-order valence-electron chi connectivity index (χ1n) is 6.27. The normalized spacial score (nSPS) is 11.3. The molecule has 122 valence electrons. The van der Waals surface area contributed by atoms with Crippen molar-refractivity contribution >= 4 is 44.8 Å². The molecule has 2 N–H and O–H groups in total. The van der Waals surface area contributed by atoms with Crippen molar-refractivity contribution in [1.82, 2.24) is 4.72 Å². The number of hydrogen-bond acceptors (Lipinski definition) is 3. The molecule has 0 spiro atoms. The average Bonchev–Trinajstić information content (AvgIpc) is 2.47. The summed E-state index contributed by atoms with van der Waals surface area (Å²) >= 11 is 11.5. The Morgan fingerprint density at radius 3 is 2.17 bits per heavy atom. The summed E-state index contributed by atoms with van der Waals surface area (Å²) in [5.41, 5.74) is 0.349. The molecular weight excluding hydrogens is 366 g/mol. The van der Waals surface area contributed by atoms with E-state index in [0.29, 0.717) is 5.69 Å². The Morgan fingerprint density at radius 1 is 1.04 bits per heavy atom. The summed E-state index contributed by atoms with van der Waals surface area (Å²) in [6, 6.07) is 8.89. The molecule has 1 amide bonds. The largest absolute Gasteiger partial charge is 0.325 e. The topological polar surface area (TPSA) is 75.3 Å².